The Morgan fingerprint density at radius 3 is 2.18 bits per heavy atom. The minimum atomic E-state index is 0.377. The van der Waals surface area contributed by atoms with Gasteiger partial charge in [0.25, 0.3) is 0 Å². The molecular formula is C23H26BrN7O3. The molecule has 1 N–H and O–H groups in total. The Balaban J connectivity index is 1.33. The highest BCUT2D eigenvalue weighted by Crippen LogP contribution is 2.30. The highest BCUT2D eigenvalue weighted by molar-refractivity contribution is 9.10. The van der Waals surface area contributed by atoms with Gasteiger partial charge < -0.3 is 23.7 Å². The average Bonchev–Trinajstić information content (AvgIpc) is 3.33. The molecule has 0 radical (unpaired) electrons. The number of morpholine rings is 2. The van der Waals surface area contributed by atoms with Gasteiger partial charge in [0.05, 0.1) is 32.6 Å². The van der Waals surface area contributed by atoms with E-state index >= 15 is 0 Å². The zero-order valence-corrected chi connectivity index (χ0v) is 20.5. The monoisotopic (exact) mass is 527 g/mol. The fourth-order valence-corrected chi connectivity index (χ4v) is 4.44. The summed E-state index contributed by atoms with van der Waals surface area (Å²) >= 11 is 3.60. The molecule has 0 amide bonds. The predicted octanol–water partition coefficient (Wildman–Crippen LogP) is 3.32. The number of furan rings is 1. The van der Waals surface area contributed by atoms with Crippen LogP contribution >= 0.6 is 15.9 Å². The van der Waals surface area contributed by atoms with E-state index in [9.17, 15) is 0 Å². The molecule has 0 saturated carbocycles. The van der Waals surface area contributed by atoms with Crippen molar-refractivity contribution in [2.45, 2.75) is 6.92 Å². The van der Waals surface area contributed by atoms with E-state index in [1.807, 2.05) is 18.2 Å². The third kappa shape index (κ3) is 5.37. The van der Waals surface area contributed by atoms with Gasteiger partial charge in [-0.05, 0) is 36.8 Å². The van der Waals surface area contributed by atoms with Gasteiger partial charge in [0, 0.05) is 36.2 Å². The normalized spacial score (nSPS) is 16.9. The molecule has 4 heterocycles. The summed E-state index contributed by atoms with van der Waals surface area (Å²) in [6.07, 6.45) is 1.61. The van der Waals surface area contributed by atoms with Gasteiger partial charge >= 0.3 is 0 Å². The van der Waals surface area contributed by atoms with Gasteiger partial charge in [-0.3, -0.25) is 0 Å². The molecule has 2 aromatic heterocycles. The van der Waals surface area contributed by atoms with E-state index in [0.29, 0.717) is 50.0 Å². The van der Waals surface area contributed by atoms with Crippen molar-refractivity contribution in [2.24, 2.45) is 5.10 Å². The van der Waals surface area contributed by atoms with Gasteiger partial charge in [-0.15, -0.1) is 0 Å². The van der Waals surface area contributed by atoms with Gasteiger partial charge in [-0.2, -0.15) is 20.1 Å². The van der Waals surface area contributed by atoms with Crippen LogP contribution in [0.5, 0.6) is 0 Å². The molecule has 2 aliphatic rings. The standard InChI is InChI=1S/C23H26BrN7O3/c1-16-2-4-18(19(24)14-16)20-5-3-17(34-20)15-25-29-21-26-22(30-6-10-32-11-7-30)28-23(27-21)31-8-12-33-13-9-31/h2-5,14-15H,6-13H2,1H3,(H,26,27,28,29)/b25-15+. The Hall–Kier alpha value is -3.02. The third-order valence-electron chi connectivity index (χ3n) is 5.57. The van der Waals surface area contributed by atoms with E-state index in [2.05, 4.69) is 65.3 Å². The number of hydrazone groups is 1. The summed E-state index contributed by atoms with van der Waals surface area (Å²) in [6, 6.07) is 9.94. The first kappa shape index (κ1) is 22.8. The summed E-state index contributed by atoms with van der Waals surface area (Å²) in [5, 5.41) is 4.31. The van der Waals surface area contributed by atoms with Crippen molar-refractivity contribution in [3.8, 4) is 11.3 Å². The maximum absolute atomic E-state index is 5.95. The molecule has 0 spiro atoms. The number of aryl methyl sites for hydroxylation is 1. The highest BCUT2D eigenvalue weighted by Gasteiger charge is 2.20. The second-order valence-electron chi connectivity index (χ2n) is 8.01. The number of hydrogen-bond donors (Lipinski definition) is 1. The van der Waals surface area contributed by atoms with Crippen molar-refractivity contribution in [3.63, 3.8) is 0 Å². The number of nitrogens with one attached hydrogen (secondary N) is 1. The van der Waals surface area contributed by atoms with E-state index in [1.54, 1.807) is 6.21 Å². The second kappa shape index (κ2) is 10.5. The zero-order valence-electron chi connectivity index (χ0n) is 18.9. The molecule has 0 aliphatic carbocycles. The molecule has 1 aromatic carbocycles. The first-order valence-corrected chi connectivity index (χ1v) is 12.0. The summed E-state index contributed by atoms with van der Waals surface area (Å²) in [6.45, 7) is 7.59. The maximum Gasteiger partial charge on any atom is 0.250 e. The van der Waals surface area contributed by atoms with Crippen molar-refractivity contribution in [1.29, 1.82) is 0 Å². The van der Waals surface area contributed by atoms with Crippen molar-refractivity contribution < 1.29 is 13.9 Å². The van der Waals surface area contributed by atoms with Crippen molar-refractivity contribution >= 4 is 40.0 Å². The predicted molar refractivity (Wildman–Crippen MR) is 134 cm³/mol. The molecule has 0 unspecified atom stereocenters. The van der Waals surface area contributed by atoms with Crippen LogP contribution in [0.1, 0.15) is 11.3 Å². The van der Waals surface area contributed by atoms with Crippen LogP contribution in [0.3, 0.4) is 0 Å². The largest absolute Gasteiger partial charge is 0.455 e. The minimum absolute atomic E-state index is 0.377. The van der Waals surface area contributed by atoms with Crippen molar-refractivity contribution in [1.82, 2.24) is 15.0 Å². The molecule has 34 heavy (non-hydrogen) atoms. The lowest BCUT2D eigenvalue weighted by Crippen LogP contribution is -2.40. The Bertz CT molecular complexity index is 1120. The second-order valence-corrected chi connectivity index (χ2v) is 8.87. The average molecular weight is 528 g/mol. The molecule has 2 aliphatic heterocycles. The lowest BCUT2D eigenvalue weighted by molar-refractivity contribution is 0.121. The molecular weight excluding hydrogens is 502 g/mol. The van der Waals surface area contributed by atoms with Crippen LogP contribution in [0.4, 0.5) is 17.8 Å². The number of halogens is 1. The molecule has 5 rings (SSSR count). The van der Waals surface area contributed by atoms with Crippen LogP contribution in [0.2, 0.25) is 0 Å². The summed E-state index contributed by atoms with van der Waals surface area (Å²) in [5.74, 6) is 2.98. The van der Waals surface area contributed by atoms with E-state index < -0.39 is 0 Å². The maximum atomic E-state index is 5.95. The van der Waals surface area contributed by atoms with Gasteiger partial charge in [0.1, 0.15) is 11.5 Å². The number of benzene rings is 1. The smallest absolute Gasteiger partial charge is 0.250 e. The van der Waals surface area contributed by atoms with Gasteiger partial charge in [0.2, 0.25) is 17.8 Å². The highest BCUT2D eigenvalue weighted by atomic mass is 79.9. The number of rotatable bonds is 6. The SMILES string of the molecule is Cc1ccc(-c2ccc(/C=N/Nc3nc(N4CCOCC4)nc(N4CCOCC4)n3)o2)c(Br)c1. The first-order valence-electron chi connectivity index (χ1n) is 11.2. The van der Waals surface area contributed by atoms with E-state index in [1.165, 1.54) is 5.56 Å². The Labute approximate surface area is 206 Å². The number of nitrogens with zero attached hydrogens (tertiary/aromatic N) is 6. The molecule has 2 fully saturated rings. The Morgan fingerprint density at radius 1 is 0.912 bits per heavy atom. The van der Waals surface area contributed by atoms with Crippen LogP contribution in [0.15, 0.2) is 44.3 Å². The number of anilines is 3. The lowest BCUT2D eigenvalue weighted by atomic mass is 10.1. The molecule has 3 aromatic rings. The molecule has 0 bridgehead atoms. The van der Waals surface area contributed by atoms with Crippen LogP contribution in [0, 0.1) is 6.92 Å². The van der Waals surface area contributed by atoms with Crippen molar-refractivity contribution in [3.05, 3.63) is 46.1 Å². The number of aromatic nitrogens is 3. The summed E-state index contributed by atoms with van der Waals surface area (Å²) < 4.78 is 17.9. The molecule has 11 heteroatoms. The van der Waals surface area contributed by atoms with Gasteiger partial charge in [0.15, 0.2) is 0 Å². The van der Waals surface area contributed by atoms with E-state index in [0.717, 1.165) is 42.0 Å². The Morgan fingerprint density at radius 2 is 1.56 bits per heavy atom. The summed E-state index contributed by atoms with van der Waals surface area (Å²) in [5.41, 5.74) is 5.11. The zero-order chi connectivity index (χ0) is 23.3. The van der Waals surface area contributed by atoms with Gasteiger partial charge in [-0.1, -0.05) is 22.0 Å². The fourth-order valence-electron chi connectivity index (χ4n) is 3.75. The van der Waals surface area contributed by atoms with E-state index in [4.69, 9.17) is 18.9 Å². The van der Waals surface area contributed by atoms with E-state index in [-0.39, 0.29) is 0 Å². The summed E-state index contributed by atoms with van der Waals surface area (Å²) in [4.78, 5) is 18.1. The topological polar surface area (TPSA) is 101 Å². The fraction of sp³-hybridized carbons (Fsp3) is 0.391. The van der Waals surface area contributed by atoms with Crippen LogP contribution in [0.25, 0.3) is 11.3 Å². The van der Waals surface area contributed by atoms with Crippen LogP contribution in [-0.2, 0) is 9.47 Å². The first-order chi connectivity index (χ1) is 16.7. The minimum Gasteiger partial charge on any atom is -0.455 e. The van der Waals surface area contributed by atoms with Crippen molar-refractivity contribution in [2.75, 3.05) is 67.8 Å². The number of ether oxygens (including phenoxy) is 2. The molecule has 10 nitrogen and oxygen atoms in total. The quantitative estimate of drug-likeness (QED) is 0.382. The third-order valence-corrected chi connectivity index (χ3v) is 6.23. The molecule has 2 saturated heterocycles. The molecule has 0 atom stereocenters. The Kier molecular flexibility index (Phi) is 7.02. The van der Waals surface area contributed by atoms with Gasteiger partial charge in [-0.25, -0.2) is 5.43 Å². The molecule has 178 valence electrons. The number of hydrogen-bond acceptors (Lipinski definition) is 10. The van der Waals surface area contributed by atoms with Crippen LogP contribution < -0.4 is 15.2 Å². The lowest BCUT2D eigenvalue weighted by Gasteiger charge is -2.30. The van der Waals surface area contributed by atoms with Crippen LogP contribution in [-0.4, -0.2) is 73.8 Å². The summed E-state index contributed by atoms with van der Waals surface area (Å²) in [7, 11) is 0.